The SMILES string of the molecule is COC(=O)c1sc(N(Cc2cccs2)C2CC2)nc1C. The zero-order valence-electron chi connectivity index (χ0n) is 11.5. The minimum atomic E-state index is -0.293. The fourth-order valence-corrected chi connectivity index (χ4v) is 3.86. The largest absolute Gasteiger partial charge is 0.465 e. The van der Waals surface area contributed by atoms with Crippen LogP contribution in [0, 0.1) is 6.92 Å². The molecule has 0 bridgehead atoms. The van der Waals surface area contributed by atoms with Crippen molar-refractivity contribution in [3.05, 3.63) is 33.0 Å². The van der Waals surface area contributed by atoms with E-state index >= 15 is 0 Å². The number of thiazole rings is 1. The average molecular weight is 308 g/mol. The first-order valence-electron chi connectivity index (χ1n) is 6.54. The zero-order chi connectivity index (χ0) is 14.1. The Morgan fingerprint density at radius 2 is 2.35 bits per heavy atom. The Balaban J connectivity index is 1.86. The first-order valence-corrected chi connectivity index (χ1v) is 8.23. The summed E-state index contributed by atoms with van der Waals surface area (Å²) in [4.78, 5) is 20.5. The maximum absolute atomic E-state index is 11.7. The van der Waals surface area contributed by atoms with Crippen molar-refractivity contribution in [2.24, 2.45) is 0 Å². The van der Waals surface area contributed by atoms with E-state index in [2.05, 4.69) is 27.4 Å². The van der Waals surface area contributed by atoms with Gasteiger partial charge in [0.25, 0.3) is 0 Å². The van der Waals surface area contributed by atoms with Gasteiger partial charge in [-0.1, -0.05) is 17.4 Å². The van der Waals surface area contributed by atoms with Gasteiger partial charge in [-0.2, -0.15) is 0 Å². The van der Waals surface area contributed by atoms with E-state index in [1.165, 1.54) is 36.2 Å². The van der Waals surface area contributed by atoms with E-state index < -0.39 is 0 Å². The first-order chi connectivity index (χ1) is 9.69. The summed E-state index contributed by atoms with van der Waals surface area (Å²) in [6, 6.07) is 4.77. The number of carbonyl (C=O) groups is 1. The predicted molar refractivity (Wildman–Crippen MR) is 81.7 cm³/mol. The molecule has 20 heavy (non-hydrogen) atoms. The molecule has 1 saturated carbocycles. The molecule has 0 radical (unpaired) electrons. The van der Waals surface area contributed by atoms with E-state index in [9.17, 15) is 4.79 Å². The number of methoxy groups -OCH3 is 1. The van der Waals surface area contributed by atoms with Crippen LogP contribution in [-0.2, 0) is 11.3 Å². The highest BCUT2D eigenvalue weighted by molar-refractivity contribution is 7.17. The Bertz CT molecular complexity index is 603. The van der Waals surface area contributed by atoms with Gasteiger partial charge in [0.05, 0.1) is 19.3 Å². The predicted octanol–water partition coefficient (Wildman–Crippen LogP) is 3.47. The molecule has 0 amide bonds. The summed E-state index contributed by atoms with van der Waals surface area (Å²) in [7, 11) is 1.41. The van der Waals surface area contributed by atoms with E-state index in [4.69, 9.17) is 4.74 Å². The minimum absolute atomic E-state index is 0.293. The van der Waals surface area contributed by atoms with Crippen LogP contribution in [0.3, 0.4) is 0 Å². The molecule has 1 fully saturated rings. The molecule has 0 atom stereocenters. The molecule has 6 heteroatoms. The van der Waals surface area contributed by atoms with Gasteiger partial charge in [-0.05, 0) is 31.2 Å². The third-order valence-electron chi connectivity index (χ3n) is 3.30. The average Bonchev–Trinajstić information content (AvgIpc) is 3.01. The number of rotatable bonds is 5. The Kier molecular flexibility index (Phi) is 3.76. The van der Waals surface area contributed by atoms with E-state index in [1.807, 2.05) is 6.92 Å². The number of carbonyl (C=O) groups excluding carboxylic acids is 1. The van der Waals surface area contributed by atoms with E-state index in [0.717, 1.165) is 17.4 Å². The van der Waals surface area contributed by atoms with Crippen LogP contribution in [-0.4, -0.2) is 24.1 Å². The summed E-state index contributed by atoms with van der Waals surface area (Å²) >= 11 is 3.19. The molecule has 0 saturated heterocycles. The molecule has 1 aliphatic carbocycles. The lowest BCUT2D eigenvalue weighted by atomic mass is 10.4. The molecule has 0 unspecified atom stereocenters. The van der Waals surface area contributed by atoms with Crippen LogP contribution in [0.4, 0.5) is 5.13 Å². The van der Waals surface area contributed by atoms with Gasteiger partial charge in [0.15, 0.2) is 5.13 Å². The van der Waals surface area contributed by atoms with E-state index in [-0.39, 0.29) is 5.97 Å². The summed E-state index contributed by atoms with van der Waals surface area (Å²) < 4.78 is 4.81. The maximum Gasteiger partial charge on any atom is 0.350 e. The number of aromatic nitrogens is 1. The number of nitrogens with zero attached hydrogens (tertiary/aromatic N) is 2. The third-order valence-corrected chi connectivity index (χ3v) is 5.33. The van der Waals surface area contributed by atoms with Crippen LogP contribution in [0.1, 0.15) is 33.1 Å². The van der Waals surface area contributed by atoms with Crippen LogP contribution in [0.25, 0.3) is 0 Å². The lowest BCUT2D eigenvalue weighted by Crippen LogP contribution is -2.24. The first kappa shape index (κ1) is 13.6. The molecular weight excluding hydrogens is 292 g/mol. The van der Waals surface area contributed by atoms with Crippen molar-refractivity contribution in [1.82, 2.24) is 4.98 Å². The molecule has 106 valence electrons. The van der Waals surface area contributed by atoms with Gasteiger partial charge in [0.2, 0.25) is 0 Å². The van der Waals surface area contributed by atoms with Gasteiger partial charge < -0.3 is 9.64 Å². The van der Waals surface area contributed by atoms with Crippen molar-refractivity contribution in [1.29, 1.82) is 0 Å². The maximum atomic E-state index is 11.7. The van der Waals surface area contributed by atoms with Gasteiger partial charge in [0.1, 0.15) is 4.88 Å². The molecular formula is C14H16N2O2S2. The fourth-order valence-electron chi connectivity index (χ4n) is 2.10. The Morgan fingerprint density at radius 1 is 1.55 bits per heavy atom. The van der Waals surface area contributed by atoms with E-state index in [0.29, 0.717) is 10.9 Å². The van der Waals surface area contributed by atoms with Crippen LogP contribution in [0.15, 0.2) is 17.5 Å². The fraction of sp³-hybridized carbons (Fsp3) is 0.429. The summed E-state index contributed by atoms with van der Waals surface area (Å²) in [6.07, 6.45) is 2.41. The van der Waals surface area contributed by atoms with E-state index in [1.54, 1.807) is 11.3 Å². The topological polar surface area (TPSA) is 42.4 Å². The molecule has 2 aromatic heterocycles. The summed E-state index contributed by atoms with van der Waals surface area (Å²) in [5.41, 5.74) is 0.758. The highest BCUT2D eigenvalue weighted by atomic mass is 32.1. The van der Waals surface area contributed by atoms with Crippen molar-refractivity contribution in [2.45, 2.75) is 32.4 Å². The van der Waals surface area contributed by atoms with Crippen molar-refractivity contribution < 1.29 is 9.53 Å². The molecule has 2 aromatic rings. The van der Waals surface area contributed by atoms with Gasteiger partial charge >= 0.3 is 5.97 Å². The quantitative estimate of drug-likeness (QED) is 0.793. The van der Waals surface area contributed by atoms with Crippen molar-refractivity contribution in [3.63, 3.8) is 0 Å². The highest BCUT2D eigenvalue weighted by Crippen LogP contribution is 2.37. The molecule has 3 rings (SSSR count). The van der Waals surface area contributed by atoms with Gasteiger partial charge in [-0.15, -0.1) is 11.3 Å². The molecule has 0 N–H and O–H groups in total. The summed E-state index contributed by atoms with van der Waals surface area (Å²) in [5, 5.41) is 3.02. The number of ether oxygens (including phenoxy) is 1. The van der Waals surface area contributed by atoms with Crippen molar-refractivity contribution >= 4 is 33.8 Å². The third kappa shape index (κ3) is 2.71. The van der Waals surface area contributed by atoms with Crippen LogP contribution < -0.4 is 4.90 Å². The lowest BCUT2D eigenvalue weighted by Gasteiger charge is -2.20. The van der Waals surface area contributed by atoms with Crippen LogP contribution in [0.5, 0.6) is 0 Å². The smallest absolute Gasteiger partial charge is 0.350 e. The second-order valence-corrected chi connectivity index (χ2v) is 6.85. The Morgan fingerprint density at radius 3 is 2.95 bits per heavy atom. The lowest BCUT2D eigenvalue weighted by molar-refractivity contribution is 0.0605. The number of thiophene rings is 1. The van der Waals surface area contributed by atoms with Crippen LogP contribution >= 0.6 is 22.7 Å². The number of anilines is 1. The molecule has 0 aromatic carbocycles. The number of esters is 1. The van der Waals surface area contributed by atoms with Crippen molar-refractivity contribution in [3.8, 4) is 0 Å². The zero-order valence-corrected chi connectivity index (χ0v) is 13.1. The molecule has 1 aliphatic rings. The molecule has 0 spiro atoms. The standard InChI is InChI=1S/C14H16N2O2S2/c1-9-12(13(17)18-2)20-14(15-9)16(10-5-6-10)8-11-4-3-7-19-11/h3-4,7,10H,5-6,8H2,1-2H3. The van der Waals surface area contributed by atoms with Gasteiger partial charge in [-0.3, -0.25) is 0 Å². The van der Waals surface area contributed by atoms with Crippen molar-refractivity contribution in [2.75, 3.05) is 12.0 Å². The monoisotopic (exact) mass is 308 g/mol. The highest BCUT2D eigenvalue weighted by Gasteiger charge is 2.32. The Hall–Kier alpha value is -1.40. The summed E-state index contributed by atoms with van der Waals surface area (Å²) in [6.45, 7) is 2.73. The molecule has 0 aliphatic heterocycles. The number of hydrogen-bond acceptors (Lipinski definition) is 6. The normalized spacial score (nSPS) is 14.3. The molecule has 2 heterocycles. The number of aryl methyl sites for hydroxylation is 1. The van der Waals surface area contributed by atoms with Crippen LogP contribution in [0.2, 0.25) is 0 Å². The minimum Gasteiger partial charge on any atom is -0.465 e. The Labute approximate surface area is 126 Å². The summed E-state index contributed by atoms with van der Waals surface area (Å²) in [5.74, 6) is -0.293. The second kappa shape index (κ2) is 5.54. The van der Waals surface area contributed by atoms with Gasteiger partial charge in [-0.25, -0.2) is 9.78 Å². The molecule has 4 nitrogen and oxygen atoms in total. The number of hydrogen-bond donors (Lipinski definition) is 0. The van der Waals surface area contributed by atoms with Gasteiger partial charge in [0, 0.05) is 10.9 Å². The second-order valence-electron chi connectivity index (χ2n) is 4.84.